The van der Waals surface area contributed by atoms with Crippen molar-refractivity contribution in [2.45, 2.75) is 19.0 Å². The van der Waals surface area contributed by atoms with Gasteiger partial charge in [0.15, 0.2) is 0 Å². The van der Waals surface area contributed by atoms with Crippen LogP contribution in [0, 0.1) is 5.92 Å². The summed E-state index contributed by atoms with van der Waals surface area (Å²) >= 11 is 0. The number of anilines is 1. The van der Waals surface area contributed by atoms with Gasteiger partial charge >= 0.3 is 6.18 Å². The molecule has 106 valence electrons. The highest BCUT2D eigenvalue weighted by Crippen LogP contribution is 2.28. The lowest BCUT2D eigenvalue weighted by atomic mass is 9.97. The molecule has 2 rings (SSSR count). The summed E-state index contributed by atoms with van der Waals surface area (Å²) in [5.41, 5.74) is -0.880. The molecule has 0 bridgehead atoms. The fourth-order valence-electron chi connectivity index (χ4n) is 2.28. The third-order valence-corrected chi connectivity index (χ3v) is 3.32. The van der Waals surface area contributed by atoms with E-state index >= 15 is 0 Å². The fourth-order valence-corrected chi connectivity index (χ4v) is 2.28. The molecule has 4 nitrogen and oxygen atoms in total. The molecule has 0 aliphatic carbocycles. The number of nitrogens with zero attached hydrogens (tertiary/aromatic N) is 3. The number of rotatable bonds is 3. The van der Waals surface area contributed by atoms with Crippen LogP contribution >= 0.6 is 0 Å². The second-order valence-corrected chi connectivity index (χ2v) is 4.73. The van der Waals surface area contributed by atoms with Gasteiger partial charge in [0.1, 0.15) is 5.69 Å². The average molecular weight is 274 g/mol. The minimum absolute atomic E-state index is 0.178. The lowest BCUT2D eigenvalue weighted by Gasteiger charge is -2.32. The summed E-state index contributed by atoms with van der Waals surface area (Å²) in [6.45, 7) is 2.35. The van der Waals surface area contributed by atoms with Crippen LogP contribution in [0.2, 0.25) is 0 Å². The van der Waals surface area contributed by atoms with Gasteiger partial charge < -0.3 is 10.2 Å². The first kappa shape index (κ1) is 14.0. The van der Waals surface area contributed by atoms with Crippen LogP contribution in [0.15, 0.2) is 12.3 Å². The van der Waals surface area contributed by atoms with E-state index in [1.807, 2.05) is 11.9 Å². The Bertz CT molecular complexity index is 414. The molecule has 2 heterocycles. The van der Waals surface area contributed by atoms with Crippen LogP contribution in [-0.4, -0.2) is 36.6 Å². The van der Waals surface area contributed by atoms with Crippen LogP contribution in [-0.2, 0) is 6.18 Å². The number of alkyl halides is 3. The van der Waals surface area contributed by atoms with Crippen LogP contribution in [0.1, 0.15) is 18.5 Å². The summed E-state index contributed by atoms with van der Waals surface area (Å²) in [5, 5.41) is 3.12. The van der Waals surface area contributed by atoms with Crippen LogP contribution < -0.4 is 10.2 Å². The van der Waals surface area contributed by atoms with Gasteiger partial charge in [-0.05, 0) is 38.4 Å². The van der Waals surface area contributed by atoms with Crippen LogP contribution in [0.25, 0.3) is 0 Å². The normalized spacial score (nSPS) is 17.8. The van der Waals surface area contributed by atoms with E-state index in [0.717, 1.165) is 25.5 Å². The van der Waals surface area contributed by atoms with Crippen LogP contribution in [0.5, 0.6) is 0 Å². The van der Waals surface area contributed by atoms with Crippen molar-refractivity contribution in [1.29, 1.82) is 0 Å². The van der Waals surface area contributed by atoms with Crippen molar-refractivity contribution in [3.05, 3.63) is 18.0 Å². The topological polar surface area (TPSA) is 41.0 Å². The quantitative estimate of drug-likeness (QED) is 0.914. The maximum absolute atomic E-state index is 12.6. The molecule has 1 N–H and O–H groups in total. The first-order valence-electron chi connectivity index (χ1n) is 6.30. The van der Waals surface area contributed by atoms with Gasteiger partial charge in [-0.25, -0.2) is 9.97 Å². The van der Waals surface area contributed by atoms with Gasteiger partial charge in [-0.15, -0.1) is 0 Å². The molecule has 1 aliphatic heterocycles. The van der Waals surface area contributed by atoms with Crippen LogP contribution in [0.3, 0.4) is 0 Å². The number of hydrogen-bond donors (Lipinski definition) is 1. The molecule has 7 heteroatoms. The molecule has 1 aliphatic rings. The first-order valence-corrected chi connectivity index (χ1v) is 6.30. The van der Waals surface area contributed by atoms with Crippen molar-refractivity contribution < 1.29 is 13.2 Å². The second-order valence-electron chi connectivity index (χ2n) is 4.73. The van der Waals surface area contributed by atoms with E-state index in [1.165, 1.54) is 6.20 Å². The molecule has 1 aromatic heterocycles. The smallest absolute Gasteiger partial charge is 0.341 e. The second kappa shape index (κ2) is 5.73. The highest BCUT2D eigenvalue weighted by Gasteiger charge is 2.33. The first-order chi connectivity index (χ1) is 9.00. The molecule has 0 aromatic carbocycles. The zero-order chi connectivity index (χ0) is 13.9. The van der Waals surface area contributed by atoms with Gasteiger partial charge in [0.25, 0.3) is 0 Å². The zero-order valence-corrected chi connectivity index (χ0v) is 10.7. The van der Waals surface area contributed by atoms with E-state index in [0.29, 0.717) is 19.0 Å². The molecule has 0 saturated carbocycles. The largest absolute Gasteiger partial charge is 0.433 e. The van der Waals surface area contributed by atoms with Crippen molar-refractivity contribution in [1.82, 2.24) is 15.3 Å². The maximum Gasteiger partial charge on any atom is 0.433 e. The van der Waals surface area contributed by atoms with E-state index < -0.39 is 11.9 Å². The summed E-state index contributed by atoms with van der Waals surface area (Å²) in [6.07, 6.45) is -1.35. The van der Waals surface area contributed by atoms with Gasteiger partial charge in [-0.3, -0.25) is 0 Å². The van der Waals surface area contributed by atoms with Gasteiger partial charge in [0.05, 0.1) is 0 Å². The minimum Gasteiger partial charge on any atom is -0.341 e. The van der Waals surface area contributed by atoms with Gasteiger partial charge in [-0.2, -0.15) is 13.2 Å². The van der Waals surface area contributed by atoms with Gasteiger partial charge in [0.2, 0.25) is 5.95 Å². The monoisotopic (exact) mass is 274 g/mol. The highest BCUT2D eigenvalue weighted by molar-refractivity contribution is 5.31. The highest BCUT2D eigenvalue weighted by atomic mass is 19.4. The lowest BCUT2D eigenvalue weighted by Crippen LogP contribution is -2.37. The van der Waals surface area contributed by atoms with Crippen molar-refractivity contribution >= 4 is 5.95 Å². The van der Waals surface area contributed by atoms with Gasteiger partial charge in [-0.1, -0.05) is 0 Å². The van der Waals surface area contributed by atoms with Crippen molar-refractivity contribution in [3.8, 4) is 0 Å². The average Bonchev–Trinajstić information content (AvgIpc) is 2.39. The Labute approximate surface area is 110 Å². The predicted octanol–water partition coefficient (Wildman–Crippen LogP) is 1.93. The fraction of sp³-hybridized carbons (Fsp3) is 0.667. The standard InChI is InChI=1S/C12H17F3N4/c1-16-8-9-3-6-19(7-4-9)11-17-5-2-10(18-11)12(13,14)15/h2,5,9,16H,3-4,6-8H2,1H3. The Hall–Kier alpha value is -1.37. The molecule has 1 fully saturated rings. The third kappa shape index (κ3) is 3.56. The number of aromatic nitrogens is 2. The third-order valence-electron chi connectivity index (χ3n) is 3.32. The molecular formula is C12H17F3N4. The van der Waals surface area contributed by atoms with Crippen molar-refractivity contribution in [2.24, 2.45) is 5.92 Å². The Morgan fingerprint density at radius 2 is 2.05 bits per heavy atom. The van der Waals surface area contributed by atoms with Crippen LogP contribution in [0.4, 0.5) is 19.1 Å². The Balaban J connectivity index is 2.03. The summed E-state index contributed by atoms with van der Waals surface area (Å²) in [6, 6.07) is 0.900. The predicted molar refractivity (Wildman–Crippen MR) is 65.9 cm³/mol. The van der Waals surface area contributed by atoms with E-state index in [9.17, 15) is 13.2 Å². The molecule has 1 aromatic rings. The zero-order valence-electron chi connectivity index (χ0n) is 10.7. The summed E-state index contributed by atoms with van der Waals surface area (Å²) in [5.74, 6) is 0.754. The molecule has 0 amide bonds. The Morgan fingerprint density at radius 3 is 2.63 bits per heavy atom. The maximum atomic E-state index is 12.6. The minimum atomic E-state index is -4.41. The molecule has 0 spiro atoms. The lowest BCUT2D eigenvalue weighted by molar-refractivity contribution is -0.141. The summed E-state index contributed by atoms with van der Waals surface area (Å²) in [7, 11) is 1.91. The van der Waals surface area contributed by atoms with Gasteiger partial charge in [0, 0.05) is 19.3 Å². The summed E-state index contributed by atoms with van der Waals surface area (Å²) in [4.78, 5) is 9.38. The molecular weight excluding hydrogens is 257 g/mol. The number of hydrogen-bond acceptors (Lipinski definition) is 4. The van der Waals surface area contributed by atoms with E-state index in [2.05, 4.69) is 15.3 Å². The molecule has 0 atom stereocenters. The van der Waals surface area contributed by atoms with E-state index in [-0.39, 0.29) is 5.95 Å². The van der Waals surface area contributed by atoms with E-state index in [1.54, 1.807) is 0 Å². The Kier molecular flexibility index (Phi) is 4.24. The van der Waals surface area contributed by atoms with Crippen molar-refractivity contribution in [3.63, 3.8) is 0 Å². The molecule has 0 unspecified atom stereocenters. The molecule has 0 radical (unpaired) electrons. The number of nitrogens with one attached hydrogen (secondary N) is 1. The molecule has 1 saturated heterocycles. The van der Waals surface area contributed by atoms with E-state index in [4.69, 9.17) is 0 Å². The Morgan fingerprint density at radius 1 is 1.37 bits per heavy atom. The molecule has 19 heavy (non-hydrogen) atoms. The number of halogens is 3. The van der Waals surface area contributed by atoms with Crippen molar-refractivity contribution in [2.75, 3.05) is 31.6 Å². The SMILES string of the molecule is CNCC1CCN(c2nccc(C(F)(F)F)n2)CC1. The summed E-state index contributed by atoms with van der Waals surface area (Å²) < 4.78 is 37.7. The number of piperidine rings is 1.